The topological polar surface area (TPSA) is 98.3 Å². The number of nitrogens with two attached hydrogens (primary N) is 1. The summed E-state index contributed by atoms with van der Waals surface area (Å²) >= 11 is 0. The molecule has 0 bridgehead atoms. The highest BCUT2D eigenvalue weighted by molar-refractivity contribution is 5.95. The van der Waals surface area contributed by atoms with E-state index in [1.165, 1.54) is 12.1 Å². The number of benzene rings is 1. The number of amides is 1. The molecule has 6 nitrogen and oxygen atoms in total. The molecule has 0 aromatic heterocycles. The summed E-state index contributed by atoms with van der Waals surface area (Å²) in [5, 5.41) is 13.2. The van der Waals surface area contributed by atoms with Gasteiger partial charge in [0, 0.05) is 6.07 Å². The predicted octanol–water partition coefficient (Wildman–Crippen LogP) is 1.61. The zero-order valence-electron chi connectivity index (χ0n) is 9.47. The second-order valence-electron chi connectivity index (χ2n) is 3.48. The maximum Gasteiger partial charge on any atom is 0.274 e. The third kappa shape index (κ3) is 3.69. The minimum Gasteiger partial charge on any atom is -0.324 e. The van der Waals surface area contributed by atoms with Crippen molar-refractivity contribution in [3.8, 4) is 0 Å². The number of carbonyl (C=O) groups is 1. The molecule has 0 saturated heterocycles. The van der Waals surface area contributed by atoms with Gasteiger partial charge in [-0.15, -0.1) is 12.4 Å². The molecule has 94 valence electrons. The molecule has 1 rings (SSSR count). The maximum absolute atomic E-state index is 11.3. The lowest BCUT2D eigenvalue weighted by Crippen LogP contribution is -2.32. The van der Waals surface area contributed by atoms with Crippen LogP contribution in [0.15, 0.2) is 18.2 Å². The van der Waals surface area contributed by atoms with Gasteiger partial charge in [-0.3, -0.25) is 14.9 Å². The van der Waals surface area contributed by atoms with Crippen molar-refractivity contribution in [2.75, 3.05) is 5.32 Å². The van der Waals surface area contributed by atoms with Crippen LogP contribution in [0, 0.1) is 17.0 Å². The highest BCUT2D eigenvalue weighted by Crippen LogP contribution is 2.24. The van der Waals surface area contributed by atoms with Crippen molar-refractivity contribution in [3.05, 3.63) is 33.9 Å². The summed E-state index contributed by atoms with van der Waals surface area (Å²) < 4.78 is 0. The van der Waals surface area contributed by atoms with Crippen LogP contribution in [0.3, 0.4) is 0 Å². The SMILES string of the molecule is Cc1c(NC(=O)C(C)N)cccc1[N+](=O)[O-].Cl. The van der Waals surface area contributed by atoms with Crippen LogP contribution in [0.1, 0.15) is 12.5 Å². The Hall–Kier alpha value is -1.66. The number of nitrogens with zero attached hydrogens (tertiary/aromatic N) is 1. The van der Waals surface area contributed by atoms with Crippen LogP contribution in [-0.4, -0.2) is 16.9 Å². The fourth-order valence-electron chi connectivity index (χ4n) is 1.20. The van der Waals surface area contributed by atoms with E-state index in [0.717, 1.165) is 0 Å². The number of nitrogens with one attached hydrogen (secondary N) is 1. The van der Waals surface area contributed by atoms with Gasteiger partial charge in [-0.2, -0.15) is 0 Å². The molecule has 0 fully saturated rings. The summed E-state index contributed by atoms with van der Waals surface area (Å²) in [5.41, 5.74) is 6.19. The minimum absolute atomic E-state index is 0. The van der Waals surface area contributed by atoms with Gasteiger partial charge in [0.25, 0.3) is 5.69 Å². The molecule has 3 N–H and O–H groups in total. The lowest BCUT2D eigenvalue weighted by Gasteiger charge is -2.10. The van der Waals surface area contributed by atoms with Crippen molar-refractivity contribution in [1.82, 2.24) is 0 Å². The van der Waals surface area contributed by atoms with Gasteiger partial charge >= 0.3 is 0 Å². The van der Waals surface area contributed by atoms with Gasteiger partial charge in [-0.25, -0.2) is 0 Å². The molecule has 0 aliphatic carbocycles. The standard InChI is InChI=1S/C10H13N3O3.ClH/c1-6-8(12-10(14)7(2)11)4-3-5-9(6)13(15)16;/h3-5,7H,11H2,1-2H3,(H,12,14);1H. The van der Waals surface area contributed by atoms with Gasteiger partial charge in [0.05, 0.1) is 22.2 Å². The summed E-state index contributed by atoms with van der Waals surface area (Å²) in [6.07, 6.45) is 0. The number of hydrogen-bond donors (Lipinski definition) is 2. The van der Waals surface area contributed by atoms with Crippen LogP contribution in [0.5, 0.6) is 0 Å². The Kier molecular flexibility index (Phi) is 5.57. The summed E-state index contributed by atoms with van der Waals surface area (Å²) in [4.78, 5) is 21.5. The van der Waals surface area contributed by atoms with E-state index < -0.39 is 11.0 Å². The first-order valence-electron chi connectivity index (χ1n) is 4.74. The van der Waals surface area contributed by atoms with E-state index in [2.05, 4.69) is 5.32 Å². The van der Waals surface area contributed by atoms with E-state index in [1.54, 1.807) is 19.9 Å². The first-order chi connectivity index (χ1) is 7.43. The van der Waals surface area contributed by atoms with E-state index in [9.17, 15) is 14.9 Å². The molecule has 1 aromatic rings. The van der Waals surface area contributed by atoms with E-state index in [-0.39, 0.29) is 24.0 Å². The first-order valence-corrected chi connectivity index (χ1v) is 4.74. The molecule has 0 radical (unpaired) electrons. The maximum atomic E-state index is 11.3. The summed E-state index contributed by atoms with van der Waals surface area (Å²) in [5.74, 6) is -0.372. The van der Waals surface area contributed by atoms with Crippen molar-refractivity contribution >= 4 is 29.7 Å². The first kappa shape index (κ1) is 15.3. The average Bonchev–Trinajstić information content (AvgIpc) is 2.20. The minimum atomic E-state index is -0.654. The Morgan fingerprint density at radius 1 is 1.53 bits per heavy atom. The number of anilines is 1. The number of nitro benzene ring substituents is 1. The van der Waals surface area contributed by atoms with E-state index in [0.29, 0.717) is 11.3 Å². The number of carbonyl (C=O) groups excluding carboxylic acids is 1. The van der Waals surface area contributed by atoms with Crippen molar-refractivity contribution in [2.45, 2.75) is 19.9 Å². The van der Waals surface area contributed by atoms with Gasteiger partial charge < -0.3 is 11.1 Å². The molecule has 0 aliphatic rings. The van der Waals surface area contributed by atoms with E-state index >= 15 is 0 Å². The molecular formula is C10H14ClN3O3. The third-order valence-corrected chi connectivity index (χ3v) is 2.17. The van der Waals surface area contributed by atoms with Crippen LogP contribution in [0.2, 0.25) is 0 Å². The molecule has 0 spiro atoms. The molecule has 1 amide bonds. The molecule has 1 aromatic carbocycles. The number of halogens is 1. The zero-order chi connectivity index (χ0) is 12.3. The Morgan fingerprint density at radius 2 is 2.12 bits per heavy atom. The molecule has 1 atom stereocenters. The molecular weight excluding hydrogens is 246 g/mol. The highest BCUT2D eigenvalue weighted by atomic mass is 35.5. The molecule has 0 saturated carbocycles. The molecule has 0 heterocycles. The van der Waals surface area contributed by atoms with Crippen molar-refractivity contribution < 1.29 is 9.72 Å². The zero-order valence-corrected chi connectivity index (χ0v) is 10.3. The van der Waals surface area contributed by atoms with Crippen LogP contribution < -0.4 is 11.1 Å². The van der Waals surface area contributed by atoms with E-state index in [4.69, 9.17) is 5.73 Å². The van der Waals surface area contributed by atoms with Crippen molar-refractivity contribution in [3.63, 3.8) is 0 Å². The van der Waals surface area contributed by atoms with Crippen LogP contribution in [0.4, 0.5) is 11.4 Å². The molecule has 1 unspecified atom stereocenters. The highest BCUT2D eigenvalue weighted by Gasteiger charge is 2.15. The second-order valence-corrected chi connectivity index (χ2v) is 3.48. The Morgan fingerprint density at radius 3 is 2.59 bits per heavy atom. The lowest BCUT2D eigenvalue weighted by atomic mass is 10.1. The van der Waals surface area contributed by atoms with Gasteiger partial charge in [-0.1, -0.05) is 6.07 Å². The summed E-state index contributed by atoms with van der Waals surface area (Å²) in [7, 11) is 0. The lowest BCUT2D eigenvalue weighted by molar-refractivity contribution is -0.385. The smallest absolute Gasteiger partial charge is 0.274 e. The predicted molar refractivity (Wildman–Crippen MR) is 67.4 cm³/mol. The molecule has 0 aliphatic heterocycles. The Bertz CT molecular complexity index is 435. The van der Waals surface area contributed by atoms with Gasteiger partial charge in [-0.05, 0) is 19.9 Å². The average molecular weight is 260 g/mol. The quantitative estimate of drug-likeness (QED) is 0.636. The summed E-state index contributed by atoms with van der Waals surface area (Å²) in [6, 6.07) is 3.85. The Balaban J connectivity index is 0.00000256. The van der Waals surface area contributed by atoms with Gasteiger partial charge in [0.15, 0.2) is 0 Å². The van der Waals surface area contributed by atoms with Gasteiger partial charge in [0.1, 0.15) is 0 Å². The van der Waals surface area contributed by atoms with Crippen LogP contribution in [-0.2, 0) is 4.79 Å². The number of hydrogen-bond acceptors (Lipinski definition) is 4. The second kappa shape index (κ2) is 6.17. The van der Waals surface area contributed by atoms with Crippen molar-refractivity contribution in [2.24, 2.45) is 5.73 Å². The van der Waals surface area contributed by atoms with Gasteiger partial charge in [0.2, 0.25) is 5.91 Å². The third-order valence-electron chi connectivity index (χ3n) is 2.17. The normalized spacial score (nSPS) is 11.2. The fraction of sp³-hybridized carbons (Fsp3) is 0.300. The van der Waals surface area contributed by atoms with Crippen molar-refractivity contribution in [1.29, 1.82) is 0 Å². The monoisotopic (exact) mass is 259 g/mol. The summed E-state index contributed by atoms with van der Waals surface area (Å²) in [6.45, 7) is 3.12. The number of rotatable bonds is 3. The van der Waals surface area contributed by atoms with Crippen LogP contribution >= 0.6 is 12.4 Å². The Labute approximate surface area is 105 Å². The van der Waals surface area contributed by atoms with Crippen LogP contribution in [0.25, 0.3) is 0 Å². The number of nitro groups is 1. The fourth-order valence-corrected chi connectivity index (χ4v) is 1.20. The largest absolute Gasteiger partial charge is 0.324 e. The van der Waals surface area contributed by atoms with E-state index in [1.807, 2.05) is 0 Å². The molecule has 7 heteroatoms. The molecule has 17 heavy (non-hydrogen) atoms.